The molecule has 1 saturated carbocycles. The Morgan fingerprint density at radius 1 is 1.26 bits per heavy atom. The summed E-state index contributed by atoms with van der Waals surface area (Å²) in [6.45, 7) is 5.93. The number of nitrogens with one attached hydrogen (secondary N) is 1. The van der Waals surface area contributed by atoms with E-state index in [2.05, 4.69) is 21.8 Å². The van der Waals surface area contributed by atoms with Crippen LogP contribution in [0.5, 0.6) is 0 Å². The zero-order valence-corrected chi connectivity index (χ0v) is 20.8. The van der Waals surface area contributed by atoms with Crippen LogP contribution in [-0.4, -0.2) is 40.8 Å². The second-order valence-corrected chi connectivity index (χ2v) is 10.3. The van der Waals surface area contributed by atoms with Crippen molar-refractivity contribution in [2.75, 3.05) is 12.8 Å². The van der Waals surface area contributed by atoms with E-state index in [4.69, 9.17) is 0 Å². The van der Waals surface area contributed by atoms with Gasteiger partial charge >= 0.3 is 0 Å². The lowest BCUT2D eigenvalue weighted by Crippen LogP contribution is -2.35. The molecule has 1 aromatic heterocycles. The number of allylic oxidation sites excluding steroid dienone is 1. The molecule has 8 heteroatoms. The van der Waals surface area contributed by atoms with E-state index in [0.717, 1.165) is 21.5 Å². The van der Waals surface area contributed by atoms with Crippen LogP contribution in [0.4, 0.5) is 8.78 Å². The van der Waals surface area contributed by atoms with Gasteiger partial charge in [-0.25, -0.2) is 13.8 Å². The van der Waals surface area contributed by atoms with Gasteiger partial charge in [-0.3, -0.25) is 9.59 Å². The molecule has 1 N–H and O–H groups in total. The van der Waals surface area contributed by atoms with E-state index >= 15 is 0 Å². The van der Waals surface area contributed by atoms with Gasteiger partial charge in [-0.1, -0.05) is 18.2 Å². The molecule has 2 aliphatic rings. The number of carbonyl (C=O) groups is 2. The standard InChI is InChI=1S/C26H31F2N3O2S/c1-15-13-22(34-4)20(24(32)30-15)14-29-25(33)23-17(3)31(21-8-6-5-7-19(21)23)16(2)18-9-11-26(27,28)12-10-18/h5-8,13,16,18,20H,9-12,14H2,1-4H3,(H,29,33)/t16-,20?/m1/s1. The van der Waals surface area contributed by atoms with Crippen molar-refractivity contribution in [3.8, 4) is 0 Å². The molecule has 34 heavy (non-hydrogen) atoms. The molecule has 2 aromatic rings. The molecule has 0 radical (unpaired) electrons. The highest BCUT2D eigenvalue weighted by Gasteiger charge is 2.38. The monoisotopic (exact) mass is 487 g/mol. The number of halogens is 2. The van der Waals surface area contributed by atoms with Gasteiger partial charge in [0, 0.05) is 52.6 Å². The van der Waals surface area contributed by atoms with Crippen LogP contribution in [0.3, 0.4) is 0 Å². The SMILES string of the molecule is CSC1=CC(C)=NC(=O)C1CNC(=O)c1c(C)n([C@H](C)C2CCC(F)(F)CC2)c2ccccc12. The van der Waals surface area contributed by atoms with Crippen LogP contribution in [0.15, 0.2) is 40.2 Å². The fourth-order valence-electron chi connectivity index (χ4n) is 5.34. The minimum absolute atomic E-state index is 0.00851. The summed E-state index contributed by atoms with van der Waals surface area (Å²) in [6.07, 6.45) is 4.55. The maximum atomic E-state index is 13.7. The third-order valence-corrected chi connectivity index (χ3v) is 8.09. The van der Waals surface area contributed by atoms with E-state index in [1.165, 1.54) is 11.8 Å². The number of alkyl halides is 2. The molecular weight excluding hydrogens is 456 g/mol. The summed E-state index contributed by atoms with van der Waals surface area (Å²) in [4.78, 5) is 30.8. The van der Waals surface area contributed by atoms with Crippen LogP contribution < -0.4 is 5.32 Å². The van der Waals surface area contributed by atoms with Crippen LogP contribution in [-0.2, 0) is 4.79 Å². The highest BCUT2D eigenvalue weighted by molar-refractivity contribution is 8.02. The fourth-order valence-corrected chi connectivity index (χ4v) is 6.10. The molecule has 0 saturated heterocycles. The number of aliphatic imine (C=N–C) groups is 1. The minimum atomic E-state index is -2.57. The second kappa shape index (κ2) is 9.64. The quantitative estimate of drug-likeness (QED) is 0.549. The van der Waals surface area contributed by atoms with Crippen molar-refractivity contribution in [3.63, 3.8) is 0 Å². The number of aromatic nitrogens is 1. The summed E-state index contributed by atoms with van der Waals surface area (Å²) in [6, 6.07) is 7.71. The minimum Gasteiger partial charge on any atom is -0.351 e. The van der Waals surface area contributed by atoms with Gasteiger partial charge in [-0.05, 0) is 57.9 Å². The Morgan fingerprint density at radius 2 is 1.94 bits per heavy atom. The number of hydrogen-bond donors (Lipinski definition) is 1. The molecule has 2 heterocycles. The maximum Gasteiger partial charge on any atom is 0.255 e. The van der Waals surface area contributed by atoms with Crippen LogP contribution in [0.2, 0.25) is 0 Å². The molecule has 1 fully saturated rings. The first kappa shape index (κ1) is 24.6. The summed E-state index contributed by atoms with van der Waals surface area (Å²) in [7, 11) is 0. The summed E-state index contributed by atoms with van der Waals surface area (Å²) in [5.41, 5.74) is 2.98. The predicted octanol–water partition coefficient (Wildman–Crippen LogP) is 5.93. The van der Waals surface area contributed by atoms with Crippen molar-refractivity contribution in [1.29, 1.82) is 0 Å². The van der Waals surface area contributed by atoms with Crippen LogP contribution in [0.1, 0.15) is 61.6 Å². The van der Waals surface area contributed by atoms with Gasteiger partial charge < -0.3 is 9.88 Å². The Morgan fingerprint density at radius 3 is 2.62 bits per heavy atom. The van der Waals surface area contributed by atoms with Crippen molar-refractivity contribution < 1.29 is 18.4 Å². The highest BCUT2D eigenvalue weighted by Crippen LogP contribution is 2.42. The number of hydrogen-bond acceptors (Lipinski definition) is 3. The normalized spacial score (nSPS) is 21.8. The Balaban J connectivity index is 1.60. The number of thioether (sulfide) groups is 1. The molecule has 2 atom stereocenters. The lowest BCUT2D eigenvalue weighted by Gasteiger charge is -2.33. The molecular formula is C26H31F2N3O2S. The molecule has 0 bridgehead atoms. The fraction of sp³-hybridized carbons (Fsp3) is 0.500. The second-order valence-electron chi connectivity index (χ2n) is 9.39. The van der Waals surface area contributed by atoms with Gasteiger partial charge in [-0.15, -0.1) is 11.8 Å². The van der Waals surface area contributed by atoms with Crippen LogP contribution in [0.25, 0.3) is 10.9 Å². The molecule has 5 nitrogen and oxygen atoms in total. The number of benzene rings is 1. The lowest BCUT2D eigenvalue weighted by atomic mass is 9.82. The molecule has 2 amide bonds. The first-order chi connectivity index (χ1) is 16.1. The number of dihydropyridines is 1. The number of carbonyl (C=O) groups excluding carboxylic acids is 2. The summed E-state index contributed by atoms with van der Waals surface area (Å²) in [5, 5.41) is 3.79. The molecule has 1 unspecified atom stereocenters. The zero-order chi connectivity index (χ0) is 24.6. The largest absolute Gasteiger partial charge is 0.351 e. The molecule has 1 aliphatic heterocycles. The Kier molecular flexibility index (Phi) is 6.99. The average molecular weight is 488 g/mol. The van der Waals surface area contributed by atoms with Gasteiger partial charge in [0.15, 0.2) is 0 Å². The summed E-state index contributed by atoms with van der Waals surface area (Å²) in [5.74, 6) is -3.42. The Labute approximate surface area is 203 Å². The van der Waals surface area contributed by atoms with Gasteiger partial charge in [0.05, 0.1) is 11.5 Å². The average Bonchev–Trinajstić information content (AvgIpc) is 3.09. The zero-order valence-electron chi connectivity index (χ0n) is 20.0. The van der Waals surface area contributed by atoms with Crippen molar-refractivity contribution >= 4 is 40.2 Å². The van der Waals surface area contributed by atoms with E-state index in [1.54, 1.807) is 6.92 Å². The third-order valence-electron chi connectivity index (χ3n) is 7.22. The van der Waals surface area contributed by atoms with Crippen molar-refractivity contribution in [2.45, 2.75) is 58.4 Å². The van der Waals surface area contributed by atoms with E-state index in [0.29, 0.717) is 24.1 Å². The predicted molar refractivity (Wildman–Crippen MR) is 134 cm³/mol. The van der Waals surface area contributed by atoms with E-state index in [-0.39, 0.29) is 43.2 Å². The van der Waals surface area contributed by atoms with Gasteiger partial charge in [-0.2, -0.15) is 0 Å². The number of para-hydroxylation sites is 1. The van der Waals surface area contributed by atoms with Gasteiger partial charge in [0.2, 0.25) is 5.92 Å². The first-order valence-corrected chi connectivity index (χ1v) is 13.0. The van der Waals surface area contributed by atoms with Crippen LogP contribution >= 0.6 is 11.8 Å². The number of rotatable bonds is 6. The topological polar surface area (TPSA) is 63.5 Å². The molecule has 182 valence electrons. The van der Waals surface area contributed by atoms with Crippen molar-refractivity contribution in [1.82, 2.24) is 9.88 Å². The Hall–Kier alpha value is -2.48. The molecule has 1 aliphatic carbocycles. The van der Waals surface area contributed by atoms with Crippen molar-refractivity contribution in [3.05, 3.63) is 46.5 Å². The number of amides is 2. The number of fused-ring (bicyclic) bond motifs is 1. The van der Waals surface area contributed by atoms with Crippen molar-refractivity contribution in [2.24, 2.45) is 16.8 Å². The van der Waals surface area contributed by atoms with Gasteiger partial charge in [0.25, 0.3) is 11.8 Å². The third kappa shape index (κ3) is 4.69. The van der Waals surface area contributed by atoms with E-state index in [1.807, 2.05) is 43.5 Å². The van der Waals surface area contributed by atoms with Crippen LogP contribution in [0, 0.1) is 18.8 Å². The number of nitrogens with zero attached hydrogens (tertiary/aromatic N) is 2. The molecule has 0 spiro atoms. The smallest absolute Gasteiger partial charge is 0.255 e. The molecule has 1 aromatic carbocycles. The summed E-state index contributed by atoms with van der Waals surface area (Å²) >= 11 is 1.49. The maximum absolute atomic E-state index is 13.7. The van der Waals surface area contributed by atoms with E-state index in [9.17, 15) is 18.4 Å². The Bertz CT molecular complexity index is 1170. The molecule has 4 rings (SSSR count). The van der Waals surface area contributed by atoms with E-state index < -0.39 is 11.8 Å². The lowest BCUT2D eigenvalue weighted by molar-refractivity contribution is -0.120. The van der Waals surface area contributed by atoms with Gasteiger partial charge in [0.1, 0.15) is 0 Å². The first-order valence-electron chi connectivity index (χ1n) is 11.7. The highest BCUT2D eigenvalue weighted by atomic mass is 32.2. The summed E-state index contributed by atoms with van der Waals surface area (Å²) < 4.78 is 29.6.